The minimum Gasteiger partial charge on any atom is -0.454 e. The Morgan fingerprint density at radius 2 is 0.653 bits per heavy atom. The zero-order chi connectivity index (χ0) is 48.0. The van der Waals surface area contributed by atoms with Crippen LogP contribution in [0.2, 0.25) is 0 Å². The molecule has 11 aromatic carbocycles. The highest BCUT2D eigenvalue weighted by Gasteiger charge is 2.44. The van der Waals surface area contributed by atoms with E-state index in [9.17, 15) is 0 Å². The summed E-state index contributed by atoms with van der Waals surface area (Å²) >= 11 is 0. The van der Waals surface area contributed by atoms with Gasteiger partial charge in [0.2, 0.25) is 0 Å². The molecule has 0 fully saturated rings. The van der Waals surface area contributed by atoms with Gasteiger partial charge in [0.25, 0.3) is 0 Å². The number of hydrogen-bond donors (Lipinski definition) is 0. The van der Waals surface area contributed by atoms with Gasteiger partial charge in [0.1, 0.15) is 11.2 Å². The molecule has 15 rings (SSSR count). The lowest BCUT2D eigenvalue weighted by atomic mass is 9.77. The molecule has 2 aromatic heterocycles. The van der Waals surface area contributed by atoms with Crippen LogP contribution in [0, 0.1) is 0 Å². The first kappa shape index (κ1) is 41.0. The Kier molecular flexibility index (Phi) is 8.44. The van der Waals surface area contributed by atoms with E-state index < -0.39 is 0 Å². The van der Waals surface area contributed by atoms with Crippen LogP contribution < -0.4 is 9.80 Å². The van der Waals surface area contributed by atoms with Crippen molar-refractivity contribution in [2.75, 3.05) is 9.80 Å². The van der Waals surface area contributed by atoms with Crippen molar-refractivity contribution in [1.29, 1.82) is 0 Å². The Balaban J connectivity index is 0.957. The van der Waals surface area contributed by atoms with Crippen molar-refractivity contribution in [3.63, 3.8) is 0 Å². The maximum atomic E-state index is 6.77. The van der Waals surface area contributed by atoms with Crippen LogP contribution >= 0.6 is 0 Å². The first-order chi connectivity index (χ1) is 35.3. The molecule has 0 radical (unpaired) electrons. The average Bonchev–Trinajstić information content (AvgIpc) is 4.12. The van der Waals surface area contributed by atoms with Crippen LogP contribution in [0.3, 0.4) is 0 Å². The highest BCUT2D eigenvalue weighted by molar-refractivity contribution is 6.17. The summed E-state index contributed by atoms with van der Waals surface area (Å²) in [5, 5.41) is 9.31. The molecular formula is C68H48N2O2. The van der Waals surface area contributed by atoms with E-state index in [0.717, 1.165) is 78.0 Å². The molecule has 0 spiro atoms. The number of rotatable bonds is 6. The predicted molar refractivity (Wildman–Crippen MR) is 301 cm³/mol. The normalized spacial score (nSPS) is 14.1. The lowest BCUT2D eigenvalue weighted by Gasteiger charge is -2.30. The van der Waals surface area contributed by atoms with Gasteiger partial charge < -0.3 is 18.6 Å². The van der Waals surface area contributed by atoms with Crippen molar-refractivity contribution in [2.45, 2.75) is 38.5 Å². The topological polar surface area (TPSA) is 32.8 Å². The summed E-state index contributed by atoms with van der Waals surface area (Å²) in [7, 11) is 0. The monoisotopic (exact) mass is 924 g/mol. The number of para-hydroxylation sites is 6. The summed E-state index contributed by atoms with van der Waals surface area (Å²) in [6.07, 6.45) is 0. The van der Waals surface area contributed by atoms with E-state index in [0.29, 0.717) is 0 Å². The van der Waals surface area contributed by atoms with Crippen LogP contribution in [-0.4, -0.2) is 0 Å². The molecule has 4 nitrogen and oxygen atoms in total. The fraction of sp³-hybridized carbons (Fsp3) is 0.0882. The SMILES string of the molecule is CC1(C)c2cc3c(cc2-c2c1cc(N(c1ccccc1)c1cccc4c1oc1ccccc14)c1ccccc21)-c1c(cc(N(c2ccccc2)c2cccc4c2oc2ccccc24)c2ccccc12)C3(C)C. The van der Waals surface area contributed by atoms with Crippen LogP contribution in [0.5, 0.6) is 0 Å². The van der Waals surface area contributed by atoms with Crippen molar-refractivity contribution >= 4 is 99.5 Å². The van der Waals surface area contributed by atoms with Crippen LogP contribution in [0.25, 0.3) is 87.7 Å². The van der Waals surface area contributed by atoms with Crippen molar-refractivity contribution in [1.82, 2.24) is 0 Å². The highest BCUT2D eigenvalue weighted by atomic mass is 16.3. The lowest BCUT2D eigenvalue weighted by Crippen LogP contribution is -2.20. The van der Waals surface area contributed by atoms with Gasteiger partial charge in [-0.3, -0.25) is 0 Å². The second-order valence-corrected chi connectivity index (χ2v) is 20.8. The van der Waals surface area contributed by atoms with E-state index in [-0.39, 0.29) is 10.8 Å². The molecule has 0 saturated heterocycles. The molecule has 0 N–H and O–H groups in total. The number of benzene rings is 11. The largest absolute Gasteiger partial charge is 0.454 e. The summed E-state index contributed by atoms with van der Waals surface area (Å²) in [5.74, 6) is 0. The molecule has 0 aliphatic heterocycles. The van der Waals surface area contributed by atoms with Gasteiger partial charge in [0, 0.05) is 54.5 Å². The fourth-order valence-corrected chi connectivity index (χ4v) is 12.8. The van der Waals surface area contributed by atoms with Gasteiger partial charge in [-0.15, -0.1) is 0 Å². The predicted octanol–water partition coefficient (Wildman–Crippen LogP) is 19.3. The molecule has 2 aliphatic carbocycles. The molecule has 2 aliphatic rings. The summed E-state index contributed by atoms with van der Waals surface area (Å²) in [4.78, 5) is 4.84. The second kappa shape index (κ2) is 14.8. The van der Waals surface area contributed by atoms with Crippen LogP contribution in [-0.2, 0) is 10.8 Å². The summed E-state index contributed by atoms with van der Waals surface area (Å²) in [5.41, 5.74) is 19.9. The molecule has 0 atom stereocenters. The van der Waals surface area contributed by atoms with Crippen LogP contribution in [0.1, 0.15) is 49.9 Å². The third-order valence-corrected chi connectivity index (χ3v) is 16.2. The summed E-state index contributed by atoms with van der Waals surface area (Å²) in [6, 6.07) is 79.5. The molecular weight excluding hydrogens is 877 g/mol. The van der Waals surface area contributed by atoms with Crippen molar-refractivity contribution in [3.8, 4) is 22.3 Å². The minimum absolute atomic E-state index is 0.320. The maximum absolute atomic E-state index is 6.77. The number of anilines is 6. The molecule has 0 amide bonds. The lowest BCUT2D eigenvalue weighted by molar-refractivity contribution is 0.639. The fourth-order valence-electron chi connectivity index (χ4n) is 12.8. The average molecular weight is 925 g/mol. The van der Waals surface area contributed by atoms with E-state index >= 15 is 0 Å². The third kappa shape index (κ3) is 5.58. The number of fused-ring (bicyclic) bond motifs is 16. The van der Waals surface area contributed by atoms with Gasteiger partial charge in [0.05, 0.1) is 22.7 Å². The standard InChI is InChI=1S/C68H48N2O2/c1-67(2)53-38-54-52(37-51(53)63-47-29-13-11-25-43(47)59(39-55(63)67)69(41-21-7-5-8-22-41)57-33-19-31-49-45-27-15-17-35-61(45)71-65(49)57)64-48-30-14-12-26-44(48)60(40-56(64)68(54,3)4)70(42-23-9-6-10-24-42)58-34-20-32-50-46-28-16-18-36-62(46)72-66(50)58/h5-40H,1-4H3. The van der Waals surface area contributed by atoms with Crippen molar-refractivity contribution in [3.05, 3.63) is 241 Å². The first-order valence-corrected chi connectivity index (χ1v) is 25.1. The molecule has 4 heteroatoms. The molecule has 13 aromatic rings. The molecule has 0 saturated carbocycles. The van der Waals surface area contributed by atoms with E-state index in [1.807, 2.05) is 12.1 Å². The van der Waals surface area contributed by atoms with Gasteiger partial charge in [-0.1, -0.05) is 179 Å². The molecule has 342 valence electrons. The number of hydrogen-bond acceptors (Lipinski definition) is 4. The third-order valence-electron chi connectivity index (χ3n) is 16.2. The Morgan fingerprint density at radius 1 is 0.292 bits per heavy atom. The van der Waals surface area contributed by atoms with Gasteiger partial charge in [-0.25, -0.2) is 0 Å². The van der Waals surface area contributed by atoms with Gasteiger partial charge in [-0.05, 0) is 122 Å². The van der Waals surface area contributed by atoms with Crippen LogP contribution in [0.15, 0.2) is 227 Å². The molecule has 0 unspecified atom stereocenters. The quantitative estimate of drug-likeness (QED) is 0.166. The number of nitrogens with zero attached hydrogens (tertiary/aromatic N) is 2. The van der Waals surface area contributed by atoms with Crippen LogP contribution in [0.4, 0.5) is 34.1 Å². The Bertz CT molecular complexity index is 4120. The Hall–Kier alpha value is -8.86. The molecule has 2 heterocycles. The van der Waals surface area contributed by atoms with E-state index in [1.54, 1.807) is 0 Å². The smallest absolute Gasteiger partial charge is 0.159 e. The first-order valence-electron chi connectivity index (χ1n) is 25.1. The minimum atomic E-state index is -0.320. The zero-order valence-corrected chi connectivity index (χ0v) is 40.5. The van der Waals surface area contributed by atoms with E-state index in [1.165, 1.54) is 66.1 Å². The van der Waals surface area contributed by atoms with Gasteiger partial charge in [-0.2, -0.15) is 0 Å². The van der Waals surface area contributed by atoms with Crippen molar-refractivity contribution < 1.29 is 8.83 Å². The highest BCUT2D eigenvalue weighted by Crippen LogP contribution is 2.61. The summed E-state index contributed by atoms with van der Waals surface area (Å²) < 4.78 is 13.5. The maximum Gasteiger partial charge on any atom is 0.159 e. The second-order valence-electron chi connectivity index (χ2n) is 20.8. The van der Waals surface area contributed by atoms with Gasteiger partial charge >= 0.3 is 0 Å². The zero-order valence-electron chi connectivity index (χ0n) is 40.5. The van der Waals surface area contributed by atoms with E-state index in [4.69, 9.17) is 8.83 Å². The summed E-state index contributed by atoms with van der Waals surface area (Å²) in [6.45, 7) is 9.70. The Labute approximate surface area is 417 Å². The van der Waals surface area contributed by atoms with Gasteiger partial charge in [0.15, 0.2) is 11.2 Å². The number of furan rings is 2. The molecule has 0 bridgehead atoms. The van der Waals surface area contributed by atoms with Crippen molar-refractivity contribution in [2.24, 2.45) is 0 Å². The molecule has 72 heavy (non-hydrogen) atoms. The van der Waals surface area contributed by atoms with E-state index in [2.05, 4.69) is 244 Å². The Morgan fingerprint density at radius 3 is 1.08 bits per heavy atom.